The van der Waals surface area contributed by atoms with Gasteiger partial charge in [-0.2, -0.15) is 0 Å². The molecule has 0 aliphatic rings. The molecule has 9 heteroatoms. The minimum Gasteiger partial charge on any atom is -0.497 e. The molecule has 3 rings (SSSR count). The Kier molecular flexibility index (Phi) is 8.37. The van der Waals surface area contributed by atoms with Gasteiger partial charge in [-0.15, -0.1) is 0 Å². The van der Waals surface area contributed by atoms with Gasteiger partial charge in [0.15, 0.2) is 0 Å². The van der Waals surface area contributed by atoms with E-state index >= 15 is 0 Å². The topological polar surface area (TPSA) is 94.2 Å². The fourth-order valence-electron chi connectivity index (χ4n) is 3.34. The van der Waals surface area contributed by atoms with E-state index in [2.05, 4.69) is 5.32 Å². The van der Waals surface area contributed by atoms with Gasteiger partial charge in [0.2, 0.25) is 5.91 Å². The third kappa shape index (κ3) is 5.99. The second-order valence-electron chi connectivity index (χ2n) is 7.31. The summed E-state index contributed by atoms with van der Waals surface area (Å²) in [6.45, 7) is -0.0628. The van der Waals surface area contributed by atoms with Crippen molar-refractivity contribution in [3.8, 4) is 17.2 Å². The quantitative estimate of drug-likeness (QED) is 0.449. The number of hydrogen-bond donors (Lipinski definition) is 1. The molecule has 8 nitrogen and oxygen atoms in total. The van der Waals surface area contributed by atoms with Crippen molar-refractivity contribution in [2.45, 2.75) is 11.3 Å². The van der Waals surface area contributed by atoms with Gasteiger partial charge in [-0.1, -0.05) is 30.3 Å². The first-order valence-corrected chi connectivity index (χ1v) is 12.0. The Morgan fingerprint density at radius 2 is 1.50 bits per heavy atom. The number of benzene rings is 3. The Bertz CT molecular complexity index is 1200. The van der Waals surface area contributed by atoms with E-state index in [0.717, 1.165) is 15.6 Å². The number of carbonyl (C=O) groups excluding carboxylic acids is 1. The predicted molar refractivity (Wildman–Crippen MR) is 130 cm³/mol. The predicted octanol–water partition coefficient (Wildman–Crippen LogP) is 3.27. The summed E-state index contributed by atoms with van der Waals surface area (Å²) in [5.41, 5.74) is 1.25. The first-order valence-electron chi connectivity index (χ1n) is 10.6. The molecule has 0 bridgehead atoms. The molecule has 0 fully saturated rings. The molecular weight excluding hydrogens is 456 g/mol. The standard InChI is InChI=1S/C25H28N2O6S/c1-31-20-11-9-19(10-12-20)15-16-26-25(28)18-27(34(29,30)22-7-5-4-6-8-22)23-14-13-21(32-2)17-24(23)33-3/h4-14,17H,15-16,18H2,1-3H3,(H,26,28). The maximum absolute atomic E-state index is 13.5. The van der Waals surface area contributed by atoms with Crippen molar-refractivity contribution in [2.24, 2.45) is 0 Å². The molecule has 0 aliphatic carbocycles. The van der Waals surface area contributed by atoms with Crippen LogP contribution in [0.15, 0.2) is 77.7 Å². The van der Waals surface area contributed by atoms with E-state index in [1.165, 1.54) is 26.4 Å². The van der Waals surface area contributed by atoms with E-state index in [-0.39, 0.29) is 16.3 Å². The number of nitrogens with one attached hydrogen (secondary N) is 1. The van der Waals surface area contributed by atoms with Gasteiger partial charge in [0.05, 0.1) is 31.9 Å². The van der Waals surface area contributed by atoms with Crippen LogP contribution in [0.4, 0.5) is 5.69 Å². The van der Waals surface area contributed by atoms with E-state index < -0.39 is 22.5 Å². The van der Waals surface area contributed by atoms with Crippen LogP contribution in [0.2, 0.25) is 0 Å². The van der Waals surface area contributed by atoms with Crippen molar-refractivity contribution >= 4 is 21.6 Å². The number of methoxy groups -OCH3 is 3. The number of ether oxygens (including phenoxy) is 3. The Balaban J connectivity index is 1.82. The van der Waals surface area contributed by atoms with Crippen molar-refractivity contribution in [3.05, 3.63) is 78.4 Å². The van der Waals surface area contributed by atoms with Crippen molar-refractivity contribution < 1.29 is 27.4 Å². The molecule has 180 valence electrons. The van der Waals surface area contributed by atoms with Crippen molar-refractivity contribution in [3.63, 3.8) is 0 Å². The number of rotatable bonds is 11. The summed E-state index contributed by atoms with van der Waals surface area (Å²) in [5, 5.41) is 2.80. The highest BCUT2D eigenvalue weighted by Gasteiger charge is 2.29. The maximum atomic E-state index is 13.5. The normalized spacial score (nSPS) is 10.9. The molecule has 1 N–H and O–H groups in total. The van der Waals surface area contributed by atoms with Crippen LogP contribution in [0.3, 0.4) is 0 Å². The number of amides is 1. The van der Waals surface area contributed by atoms with Crippen molar-refractivity contribution in [2.75, 3.05) is 38.7 Å². The molecule has 0 saturated carbocycles. The third-order valence-corrected chi connectivity index (χ3v) is 6.94. The summed E-state index contributed by atoms with van der Waals surface area (Å²) >= 11 is 0. The Morgan fingerprint density at radius 1 is 0.853 bits per heavy atom. The summed E-state index contributed by atoms with van der Waals surface area (Å²) in [7, 11) is 0.485. The zero-order valence-corrected chi connectivity index (χ0v) is 20.2. The lowest BCUT2D eigenvalue weighted by atomic mass is 10.1. The lowest BCUT2D eigenvalue weighted by Crippen LogP contribution is -2.41. The van der Waals surface area contributed by atoms with Crippen LogP contribution in [0.5, 0.6) is 17.2 Å². The first-order chi connectivity index (χ1) is 16.4. The average molecular weight is 485 g/mol. The van der Waals surface area contributed by atoms with E-state index in [0.29, 0.717) is 18.7 Å². The SMILES string of the molecule is COc1ccc(CCNC(=O)CN(c2ccc(OC)cc2OC)S(=O)(=O)c2ccccc2)cc1. The minimum absolute atomic E-state index is 0.0684. The van der Waals surface area contributed by atoms with Crippen LogP contribution >= 0.6 is 0 Å². The molecule has 0 radical (unpaired) electrons. The summed E-state index contributed by atoms with van der Waals surface area (Å²) in [4.78, 5) is 12.9. The van der Waals surface area contributed by atoms with Gasteiger partial charge in [0.1, 0.15) is 23.8 Å². The van der Waals surface area contributed by atoms with E-state index in [1.807, 2.05) is 24.3 Å². The number of carbonyl (C=O) groups is 1. The van der Waals surface area contributed by atoms with E-state index in [9.17, 15) is 13.2 Å². The van der Waals surface area contributed by atoms with Crippen LogP contribution in [0, 0.1) is 0 Å². The van der Waals surface area contributed by atoms with Gasteiger partial charge in [0, 0.05) is 12.6 Å². The average Bonchev–Trinajstić information content (AvgIpc) is 2.87. The molecule has 0 saturated heterocycles. The van der Waals surface area contributed by atoms with Crippen LogP contribution in [-0.2, 0) is 21.2 Å². The van der Waals surface area contributed by atoms with Crippen LogP contribution in [-0.4, -0.2) is 48.7 Å². The molecule has 0 atom stereocenters. The lowest BCUT2D eigenvalue weighted by Gasteiger charge is -2.26. The molecule has 0 unspecified atom stereocenters. The smallest absolute Gasteiger partial charge is 0.264 e. The number of hydrogen-bond acceptors (Lipinski definition) is 6. The van der Waals surface area contributed by atoms with Crippen LogP contribution in [0.25, 0.3) is 0 Å². The van der Waals surface area contributed by atoms with Gasteiger partial charge >= 0.3 is 0 Å². The van der Waals surface area contributed by atoms with Gasteiger partial charge in [0.25, 0.3) is 10.0 Å². The van der Waals surface area contributed by atoms with E-state index in [4.69, 9.17) is 14.2 Å². The van der Waals surface area contributed by atoms with Gasteiger partial charge in [-0.3, -0.25) is 9.10 Å². The second kappa shape index (κ2) is 11.4. The van der Waals surface area contributed by atoms with Crippen LogP contribution < -0.4 is 23.8 Å². The van der Waals surface area contributed by atoms with Gasteiger partial charge in [-0.25, -0.2) is 8.42 Å². The molecule has 1 amide bonds. The summed E-state index contributed by atoms with van der Waals surface area (Å²) in [6.07, 6.45) is 0.590. The second-order valence-corrected chi connectivity index (χ2v) is 9.17. The molecule has 3 aromatic carbocycles. The van der Waals surface area contributed by atoms with Crippen molar-refractivity contribution in [1.29, 1.82) is 0 Å². The molecule has 3 aromatic rings. The zero-order valence-electron chi connectivity index (χ0n) is 19.4. The molecule has 0 heterocycles. The van der Waals surface area contributed by atoms with E-state index in [1.54, 1.807) is 43.5 Å². The molecule has 0 spiro atoms. The number of nitrogens with zero attached hydrogens (tertiary/aromatic N) is 1. The highest BCUT2D eigenvalue weighted by Crippen LogP contribution is 2.35. The molecule has 0 aromatic heterocycles. The van der Waals surface area contributed by atoms with Crippen molar-refractivity contribution in [1.82, 2.24) is 5.32 Å². The number of sulfonamides is 1. The molecular formula is C25H28N2O6S. The summed E-state index contributed by atoms with van der Waals surface area (Å²) < 4.78 is 43.8. The Labute approximate surface area is 200 Å². The summed E-state index contributed by atoms with van der Waals surface area (Å²) in [5.74, 6) is 1.08. The van der Waals surface area contributed by atoms with Gasteiger partial charge < -0.3 is 19.5 Å². The highest BCUT2D eigenvalue weighted by molar-refractivity contribution is 7.92. The first kappa shape index (κ1) is 24.9. The Hall–Kier alpha value is -3.72. The fourth-order valence-corrected chi connectivity index (χ4v) is 4.79. The highest BCUT2D eigenvalue weighted by atomic mass is 32.2. The maximum Gasteiger partial charge on any atom is 0.264 e. The zero-order chi connectivity index (χ0) is 24.6. The van der Waals surface area contributed by atoms with Crippen LogP contribution in [0.1, 0.15) is 5.56 Å². The lowest BCUT2D eigenvalue weighted by molar-refractivity contribution is -0.119. The number of anilines is 1. The fraction of sp³-hybridized carbons (Fsp3) is 0.240. The molecule has 0 aliphatic heterocycles. The minimum atomic E-state index is -4.05. The molecule has 34 heavy (non-hydrogen) atoms. The van der Waals surface area contributed by atoms with Gasteiger partial charge in [-0.05, 0) is 48.4 Å². The summed E-state index contributed by atoms with van der Waals surface area (Å²) in [6, 6.07) is 20.2. The third-order valence-electron chi connectivity index (χ3n) is 5.17. The monoisotopic (exact) mass is 484 g/mol. The Morgan fingerprint density at radius 3 is 2.12 bits per heavy atom. The largest absolute Gasteiger partial charge is 0.497 e.